The van der Waals surface area contributed by atoms with E-state index in [4.69, 9.17) is 4.74 Å². The number of nitrogens with one attached hydrogen (secondary N) is 2. The van der Waals surface area contributed by atoms with Crippen molar-refractivity contribution in [2.45, 2.75) is 38.4 Å². The molecule has 2 N–H and O–H groups in total. The Morgan fingerprint density at radius 3 is 2.95 bits per heavy atom. The summed E-state index contributed by atoms with van der Waals surface area (Å²) in [6.45, 7) is 4.44. The molecule has 1 aromatic rings. The van der Waals surface area contributed by atoms with Crippen molar-refractivity contribution >= 4 is 5.91 Å². The molecule has 1 amide bonds. The number of fused-ring (bicyclic) bond motifs is 1. The molecule has 2 unspecified atom stereocenters. The van der Waals surface area contributed by atoms with Gasteiger partial charge in [0.05, 0.1) is 12.6 Å². The van der Waals surface area contributed by atoms with Crippen LogP contribution < -0.4 is 10.6 Å². The van der Waals surface area contributed by atoms with Crippen LogP contribution in [0.25, 0.3) is 0 Å². The molecule has 0 aromatic heterocycles. The first-order chi connectivity index (χ1) is 9.74. The van der Waals surface area contributed by atoms with Gasteiger partial charge in [-0.2, -0.15) is 0 Å². The lowest BCUT2D eigenvalue weighted by Gasteiger charge is -2.28. The molecule has 3 atom stereocenters. The fraction of sp³-hybridized carbons (Fsp3) is 0.562. The third kappa shape index (κ3) is 2.86. The molecule has 4 heteroatoms. The molecular formula is C16H22N2O2. The van der Waals surface area contributed by atoms with E-state index in [1.54, 1.807) is 0 Å². The second-order valence-corrected chi connectivity index (χ2v) is 5.83. The Labute approximate surface area is 119 Å². The lowest BCUT2D eigenvalue weighted by molar-refractivity contribution is -0.124. The maximum absolute atomic E-state index is 12.4. The Hall–Kier alpha value is -1.39. The van der Waals surface area contributed by atoms with Crippen molar-refractivity contribution in [2.24, 2.45) is 5.92 Å². The van der Waals surface area contributed by atoms with E-state index in [1.807, 2.05) is 12.1 Å². The molecule has 108 valence electrons. The largest absolute Gasteiger partial charge is 0.381 e. The quantitative estimate of drug-likeness (QED) is 0.872. The van der Waals surface area contributed by atoms with Crippen LogP contribution in [0.15, 0.2) is 24.3 Å². The van der Waals surface area contributed by atoms with Gasteiger partial charge < -0.3 is 15.4 Å². The minimum absolute atomic E-state index is 0.110. The predicted octanol–water partition coefficient (Wildman–Crippen LogP) is 1.24. The highest BCUT2D eigenvalue weighted by molar-refractivity contribution is 5.82. The summed E-state index contributed by atoms with van der Waals surface area (Å²) in [6, 6.07) is 8.39. The minimum Gasteiger partial charge on any atom is -0.381 e. The number of carbonyl (C=O) groups is 1. The van der Waals surface area contributed by atoms with E-state index in [2.05, 4.69) is 29.7 Å². The smallest absolute Gasteiger partial charge is 0.237 e. The highest BCUT2D eigenvalue weighted by Crippen LogP contribution is 2.18. The Kier molecular flexibility index (Phi) is 4.03. The van der Waals surface area contributed by atoms with Crippen LogP contribution in [0.1, 0.15) is 24.5 Å². The summed E-state index contributed by atoms with van der Waals surface area (Å²) < 4.78 is 5.38. The van der Waals surface area contributed by atoms with Gasteiger partial charge >= 0.3 is 0 Å². The summed E-state index contributed by atoms with van der Waals surface area (Å²) in [5.41, 5.74) is 2.58. The van der Waals surface area contributed by atoms with Gasteiger partial charge in [-0.15, -0.1) is 0 Å². The van der Waals surface area contributed by atoms with Gasteiger partial charge in [-0.1, -0.05) is 24.3 Å². The van der Waals surface area contributed by atoms with Crippen LogP contribution in [0, 0.1) is 5.92 Å². The predicted molar refractivity (Wildman–Crippen MR) is 77.3 cm³/mol. The molecule has 2 aliphatic heterocycles. The van der Waals surface area contributed by atoms with Gasteiger partial charge in [0, 0.05) is 25.1 Å². The molecule has 0 saturated carbocycles. The molecule has 2 aliphatic rings. The van der Waals surface area contributed by atoms with Gasteiger partial charge in [0.25, 0.3) is 0 Å². The fourth-order valence-electron chi connectivity index (χ4n) is 3.03. The van der Waals surface area contributed by atoms with Crippen molar-refractivity contribution in [1.82, 2.24) is 10.6 Å². The zero-order chi connectivity index (χ0) is 13.9. The van der Waals surface area contributed by atoms with Crippen LogP contribution in [0.4, 0.5) is 0 Å². The summed E-state index contributed by atoms with van der Waals surface area (Å²) in [5, 5.41) is 6.47. The number of carbonyl (C=O) groups excluding carboxylic acids is 1. The van der Waals surface area contributed by atoms with E-state index in [1.165, 1.54) is 11.1 Å². The van der Waals surface area contributed by atoms with E-state index >= 15 is 0 Å². The average molecular weight is 274 g/mol. The number of hydrogen-bond acceptors (Lipinski definition) is 3. The van der Waals surface area contributed by atoms with Gasteiger partial charge in [-0.3, -0.25) is 4.79 Å². The maximum Gasteiger partial charge on any atom is 0.237 e. The monoisotopic (exact) mass is 274 g/mol. The van der Waals surface area contributed by atoms with E-state index in [0.717, 1.165) is 32.6 Å². The van der Waals surface area contributed by atoms with Gasteiger partial charge in [-0.05, 0) is 30.9 Å². The van der Waals surface area contributed by atoms with Crippen molar-refractivity contribution in [3.63, 3.8) is 0 Å². The first kappa shape index (κ1) is 13.6. The summed E-state index contributed by atoms with van der Waals surface area (Å²) in [6.07, 6.45) is 1.82. The highest BCUT2D eigenvalue weighted by Gasteiger charge is 2.28. The molecule has 0 bridgehead atoms. The van der Waals surface area contributed by atoms with E-state index < -0.39 is 0 Å². The van der Waals surface area contributed by atoms with E-state index in [-0.39, 0.29) is 18.0 Å². The summed E-state index contributed by atoms with van der Waals surface area (Å²) in [5.74, 6) is 0.564. The minimum atomic E-state index is -0.116. The molecule has 1 fully saturated rings. The van der Waals surface area contributed by atoms with Gasteiger partial charge in [-0.25, -0.2) is 0 Å². The van der Waals surface area contributed by atoms with Crippen LogP contribution in [0.2, 0.25) is 0 Å². The summed E-state index contributed by atoms with van der Waals surface area (Å²) in [7, 11) is 0. The third-order valence-corrected chi connectivity index (χ3v) is 4.44. The van der Waals surface area contributed by atoms with Crippen molar-refractivity contribution < 1.29 is 9.53 Å². The molecule has 1 saturated heterocycles. The standard InChI is InChI=1S/C16H22N2O2/c1-11(14-6-7-20-10-14)18-16(19)15-8-12-4-2-3-5-13(12)9-17-15/h2-5,11,14-15,17H,6-10H2,1H3,(H,18,19)/t11?,14?,15-/m1/s1. The summed E-state index contributed by atoms with van der Waals surface area (Å²) in [4.78, 5) is 12.4. The van der Waals surface area contributed by atoms with Crippen LogP contribution >= 0.6 is 0 Å². The molecule has 20 heavy (non-hydrogen) atoms. The number of hydrogen-bond donors (Lipinski definition) is 2. The highest BCUT2D eigenvalue weighted by atomic mass is 16.5. The molecule has 4 nitrogen and oxygen atoms in total. The normalized spacial score (nSPS) is 26.9. The number of amides is 1. The molecule has 2 heterocycles. The average Bonchev–Trinajstić information content (AvgIpc) is 3.01. The van der Waals surface area contributed by atoms with Crippen molar-refractivity contribution in [1.29, 1.82) is 0 Å². The first-order valence-electron chi connectivity index (χ1n) is 7.42. The fourth-order valence-corrected chi connectivity index (χ4v) is 3.03. The molecular weight excluding hydrogens is 252 g/mol. The third-order valence-electron chi connectivity index (χ3n) is 4.44. The van der Waals surface area contributed by atoms with Crippen LogP contribution in [0.5, 0.6) is 0 Å². The van der Waals surface area contributed by atoms with Gasteiger partial charge in [0.1, 0.15) is 0 Å². The Bertz CT molecular complexity index is 483. The second kappa shape index (κ2) is 5.94. The Morgan fingerprint density at radius 2 is 2.20 bits per heavy atom. The van der Waals surface area contributed by atoms with Crippen LogP contribution in [0.3, 0.4) is 0 Å². The summed E-state index contributed by atoms with van der Waals surface area (Å²) >= 11 is 0. The van der Waals surface area contributed by atoms with E-state index in [0.29, 0.717) is 5.92 Å². The van der Waals surface area contributed by atoms with Crippen molar-refractivity contribution in [2.75, 3.05) is 13.2 Å². The Morgan fingerprint density at radius 1 is 1.40 bits per heavy atom. The molecule has 3 rings (SSSR count). The first-order valence-corrected chi connectivity index (χ1v) is 7.42. The number of rotatable bonds is 3. The lowest BCUT2D eigenvalue weighted by atomic mass is 9.94. The van der Waals surface area contributed by atoms with E-state index in [9.17, 15) is 4.79 Å². The maximum atomic E-state index is 12.4. The number of benzene rings is 1. The topological polar surface area (TPSA) is 50.4 Å². The molecule has 0 aliphatic carbocycles. The molecule has 0 radical (unpaired) electrons. The van der Waals surface area contributed by atoms with Crippen molar-refractivity contribution in [3.05, 3.63) is 35.4 Å². The zero-order valence-corrected chi connectivity index (χ0v) is 11.9. The van der Waals surface area contributed by atoms with Gasteiger partial charge in [0.2, 0.25) is 5.91 Å². The molecule has 1 aromatic carbocycles. The van der Waals surface area contributed by atoms with Crippen LogP contribution in [-0.4, -0.2) is 31.2 Å². The SMILES string of the molecule is CC(NC(=O)[C@H]1Cc2ccccc2CN1)C1CCOC1. The van der Waals surface area contributed by atoms with Gasteiger partial charge in [0.15, 0.2) is 0 Å². The Balaban J connectivity index is 1.58. The number of ether oxygens (including phenoxy) is 1. The zero-order valence-electron chi connectivity index (χ0n) is 11.9. The lowest BCUT2D eigenvalue weighted by Crippen LogP contribution is -2.51. The second-order valence-electron chi connectivity index (χ2n) is 5.83. The van der Waals surface area contributed by atoms with Crippen molar-refractivity contribution in [3.8, 4) is 0 Å². The van der Waals surface area contributed by atoms with Crippen LogP contribution in [-0.2, 0) is 22.5 Å². The molecule has 0 spiro atoms.